The van der Waals surface area contributed by atoms with E-state index in [0.29, 0.717) is 6.54 Å². The zero-order valence-corrected chi connectivity index (χ0v) is 8.84. The summed E-state index contributed by atoms with van der Waals surface area (Å²) in [6.45, 7) is 2.38. The predicted molar refractivity (Wildman–Crippen MR) is 54.4 cm³/mol. The van der Waals surface area contributed by atoms with Crippen LogP contribution in [0.2, 0.25) is 0 Å². The van der Waals surface area contributed by atoms with Crippen LogP contribution in [0.5, 0.6) is 0 Å². The van der Waals surface area contributed by atoms with E-state index in [9.17, 15) is 4.79 Å². The van der Waals surface area contributed by atoms with Crippen molar-refractivity contribution >= 4 is 17.2 Å². The van der Waals surface area contributed by atoms with Crippen molar-refractivity contribution in [1.29, 1.82) is 0 Å². The average molecular weight is 223 g/mol. The summed E-state index contributed by atoms with van der Waals surface area (Å²) >= 11 is 1.52. The van der Waals surface area contributed by atoms with Gasteiger partial charge in [-0.3, -0.25) is 9.89 Å². The third kappa shape index (κ3) is 2.18. The fraction of sp³-hybridized carbons (Fsp3) is 0.250. The van der Waals surface area contributed by atoms with Crippen LogP contribution in [0, 0.1) is 6.92 Å². The first-order chi connectivity index (χ1) is 7.27. The van der Waals surface area contributed by atoms with Crippen LogP contribution in [-0.4, -0.2) is 26.1 Å². The molecule has 2 rings (SSSR count). The van der Waals surface area contributed by atoms with Gasteiger partial charge in [0.25, 0.3) is 5.91 Å². The molecule has 0 saturated heterocycles. The Morgan fingerprint density at radius 3 is 3.07 bits per heavy atom. The van der Waals surface area contributed by atoms with Gasteiger partial charge in [0.05, 0.1) is 17.7 Å². The van der Waals surface area contributed by atoms with Gasteiger partial charge in [-0.1, -0.05) is 0 Å². The Balaban J connectivity index is 1.95. The number of carbonyl (C=O) groups excluding carboxylic acids is 1. The first kappa shape index (κ1) is 9.78. The fourth-order valence-corrected chi connectivity index (χ4v) is 1.77. The van der Waals surface area contributed by atoms with Gasteiger partial charge in [0.1, 0.15) is 6.33 Å². The van der Waals surface area contributed by atoms with Gasteiger partial charge in [-0.2, -0.15) is 5.10 Å². The maximum absolute atomic E-state index is 11.5. The Bertz CT molecular complexity index is 449. The molecule has 6 nitrogen and oxygen atoms in total. The number of amides is 1. The average Bonchev–Trinajstić information content (AvgIpc) is 2.85. The number of nitrogens with one attached hydrogen (secondary N) is 2. The van der Waals surface area contributed by atoms with Gasteiger partial charge in [0.2, 0.25) is 5.82 Å². The van der Waals surface area contributed by atoms with Crippen molar-refractivity contribution in [2.75, 3.05) is 0 Å². The SMILES string of the molecule is Cc1ncsc1CNC(=O)c1ncn[nH]1. The summed E-state index contributed by atoms with van der Waals surface area (Å²) in [5, 5.41) is 8.82. The summed E-state index contributed by atoms with van der Waals surface area (Å²) in [6, 6.07) is 0. The van der Waals surface area contributed by atoms with E-state index in [1.807, 2.05) is 6.92 Å². The molecule has 0 saturated carbocycles. The maximum Gasteiger partial charge on any atom is 0.288 e. The molecular formula is C8H9N5OS. The molecule has 0 aliphatic carbocycles. The van der Waals surface area contributed by atoms with Gasteiger partial charge in [-0.25, -0.2) is 9.97 Å². The molecule has 0 unspecified atom stereocenters. The van der Waals surface area contributed by atoms with Crippen molar-refractivity contribution in [3.05, 3.63) is 28.2 Å². The van der Waals surface area contributed by atoms with Crippen LogP contribution in [-0.2, 0) is 6.54 Å². The number of H-pyrrole nitrogens is 1. The van der Waals surface area contributed by atoms with E-state index in [-0.39, 0.29) is 11.7 Å². The van der Waals surface area contributed by atoms with E-state index in [1.165, 1.54) is 17.7 Å². The van der Waals surface area contributed by atoms with Crippen LogP contribution in [0.25, 0.3) is 0 Å². The van der Waals surface area contributed by atoms with Crippen LogP contribution in [0.4, 0.5) is 0 Å². The molecular weight excluding hydrogens is 214 g/mol. The number of aryl methyl sites for hydroxylation is 1. The van der Waals surface area contributed by atoms with Crippen LogP contribution in [0.1, 0.15) is 21.2 Å². The summed E-state index contributed by atoms with van der Waals surface area (Å²) in [6.07, 6.45) is 1.30. The molecule has 1 amide bonds. The number of hydrogen-bond acceptors (Lipinski definition) is 5. The van der Waals surface area contributed by atoms with Crippen molar-refractivity contribution in [3.63, 3.8) is 0 Å². The van der Waals surface area contributed by atoms with Gasteiger partial charge in [-0.05, 0) is 6.92 Å². The van der Waals surface area contributed by atoms with Crippen LogP contribution >= 0.6 is 11.3 Å². The molecule has 0 spiro atoms. The Morgan fingerprint density at radius 2 is 2.47 bits per heavy atom. The second kappa shape index (κ2) is 4.18. The molecule has 2 aromatic rings. The highest BCUT2D eigenvalue weighted by Gasteiger charge is 2.09. The fourth-order valence-electron chi connectivity index (χ4n) is 1.06. The van der Waals surface area contributed by atoms with Gasteiger partial charge in [-0.15, -0.1) is 11.3 Å². The monoisotopic (exact) mass is 223 g/mol. The lowest BCUT2D eigenvalue weighted by atomic mass is 10.4. The second-order valence-corrected chi connectivity index (χ2v) is 3.82. The predicted octanol–water partition coefficient (Wildman–Crippen LogP) is 0.500. The lowest BCUT2D eigenvalue weighted by Crippen LogP contribution is -2.23. The highest BCUT2D eigenvalue weighted by molar-refractivity contribution is 7.09. The molecule has 78 valence electrons. The molecule has 0 radical (unpaired) electrons. The quantitative estimate of drug-likeness (QED) is 0.793. The van der Waals surface area contributed by atoms with Crippen LogP contribution in [0.3, 0.4) is 0 Å². The minimum absolute atomic E-state index is 0.220. The van der Waals surface area contributed by atoms with Crippen molar-refractivity contribution in [2.45, 2.75) is 13.5 Å². The lowest BCUT2D eigenvalue weighted by Gasteiger charge is -2.00. The topological polar surface area (TPSA) is 83.6 Å². The van der Waals surface area contributed by atoms with Gasteiger partial charge < -0.3 is 5.32 Å². The summed E-state index contributed by atoms with van der Waals surface area (Å²) in [7, 11) is 0. The number of aromatic nitrogens is 4. The molecule has 0 aliphatic rings. The van der Waals surface area contributed by atoms with Gasteiger partial charge in [0.15, 0.2) is 0 Å². The number of aromatic amines is 1. The maximum atomic E-state index is 11.5. The van der Waals surface area contributed by atoms with Crippen LogP contribution < -0.4 is 5.32 Å². The first-order valence-corrected chi connectivity index (χ1v) is 5.18. The Hall–Kier alpha value is -1.76. The normalized spacial score (nSPS) is 10.2. The van der Waals surface area contributed by atoms with Gasteiger partial charge in [0, 0.05) is 4.88 Å². The van der Waals surface area contributed by atoms with Gasteiger partial charge >= 0.3 is 0 Å². The molecule has 0 atom stereocenters. The Kier molecular flexibility index (Phi) is 2.72. The van der Waals surface area contributed by atoms with E-state index >= 15 is 0 Å². The van der Waals surface area contributed by atoms with E-state index in [4.69, 9.17) is 0 Å². The Morgan fingerprint density at radius 1 is 1.60 bits per heavy atom. The zero-order chi connectivity index (χ0) is 10.7. The highest BCUT2D eigenvalue weighted by Crippen LogP contribution is 2.11. The molecule has 7 heteroatoms. The standard InChI is InChI=1S/C8H9N5OS/c1-5-6(15-4-11-5)2-9-8(14)7-10-3-12-13-7/h3-4H,2H2,1H3,(H,9,14)(H,10,12,13). The highest BCUT2D eigenvalue weighted by atomic mass is 32.1. The van der Waals surface area contributed by atoms with E-state index in [1.54, 1.807) is 5.51 Å². The number of hydrogen-bond donors (Lipinski definition) is 2. The minimum atomic E-state index is -0.264. The van der Waals surface area contributed by atoms with Crippen LogP contribution in [0.15, 0.2) is 11.8 Å². The molecule has 2 heterocycles. The summed E-state index contributed by atoms with van der Waals surface area (Å²) in [5.74, 6) is -0.0440. The molecule has 0 fully saturated rings. The minimum Gasteiger partial charge on any atom is -0.344 e. The lowest BCUT2D eigenvalue weighted by molar-refractivity contribution is 0.0941. The summed E-state index contributed by atoms with van der Waals surface area (Å²) < 4.78 is 0. The summed E-state index contributed by atoms with van der Waals surface area (Å²) in [5.41, 5.74) is 2.70. The molecule has 2 aromatic heterocycles. The number of nitrogens with zero attached hydrogens (tertiary/aromatic N) is 3. The zero-order valence-electron chi connectivity index (χ0n) is 8.02. The first-order valence-electron chi connectivity index (χ1n) is 4.30. The molecule has 2 N–H and O–H groups in total. The molecule has 15 heavy (non-hydrogen) atoms. The number of rotatable bonds is 3. The van der Waals surface area contributed by atoms with E-state index < -0.39 is 0 Å². The molecule has 0 aliphatic heterocycles. The third-order valence-corrected chi connectivity index (χ3v) is 2.82. The molecule has 0 aromatic carbocycles. The Labute approximate surface area is 89.8 Å². The smallest absolute Gasteiger partial charge is 0.288 e. The van der Waals surface area contributed by atoms with Crippen molar-refractivity contribution in [1.82, 2.24) is 25.5 Å². The van der Waals surface area contributed by atoms with E-state index in [2.05, 4.69) is 25.5 Å². The number of carbonyl (C=O) groups is 1. The number of thiazole rings is 1. The largest absolute Gasteiger partial charge is 0.344 e. The van der Waals surface area contributed by atoms with Crippen molar-refractivity contribution < 1.29 is 4.79 Å². The second-order valence-electron chi connectivity index (χ2n) is 2.88. The van der Waals surface area contributed by atoms with E-state index in [0.717, 1.165) is 10.6 Å². The van der Waals surface area contributed by atoms with Crippen molar-refractivity contribution in [2.24, 2.45) is 0 Å². The third-order valence-electron chi connectivity index (χ3n) is 1.88. The summed E-state index contributed by atoms with van der Waals surface area (Å²) in [4.78, 5) is 20.3. The molecule has 0 bridgehead atoms. The van der Waals surface area contributed by atoms with Crippen molar-refractivity contribution in [3.8, 4) is 0 Å².